The molecule has 5 nitrogen and oxygen atoms in total. The molecular weight excluding hydrogens is 369 g/mol. The van der Waals surface area contributed by atoms with Crippen LogP contribution in [0.1, 0.15) is 15.4 Å². The van der Waals surface area contributed by atoms with E-state index in [0.717, 1.165) is 21.2 Å². The summed E-state index contributed by atoms with van der Waals surface area (Å²) in [6.07, 6.45) is -4.66. The van der Waals surface area contributed by atoms with E-state index in [1.54, 1.807) is 12.1 Å². The minimum atomic E-state index is -4.66. The van der Waals surface area contributed by atoms with Gasteiger partial charge in [-0.1, -0.05) is 12.1 Å². The number of likely N-dealkylation sites (tertiary alicyclic amines) is 1. The summed E-state index contributed by atoms with van der Waals surface area (Å²) < 4.78 is 39.1. The molecule has 1 saturated heterocycles. The van der Waals surface area contributed by atoms with Gasteiger partial charge in [-0.05, 0) is 19.1 Å². The fourth-order valence-corrected chi connectivity index (χ4v) is 3.64. The summed E-state index contributed by atoms with van der Waals surface area (Å²) in [5.74, 6) is -5.85. The number of alkyl halides is 3. The number of benzene rings is 1. The molecule has 0 spiro atoms. The number of amides is 1. The predicted octanol–water partition coefficient (Wildman–Crippen LogP) is 3.45. The van der Waals surface area contributed by atoms with Crippen molar-refractivity contribution in [3.8, 4) is 11.3 Å². The molecule has 3 rings (SSSR count). The van der Waals surface area contributed by atoms with E-state index in [1.807, 2.05) is 12.3 Å². The zero-order chi connectivity index (χ0) is 19.1. The van der Waals surface area contributed by atoms with Gasteiger partial charge in [0.15, 0.2) is 0 Å². The maximum atomic E-state index is 13.0. The SMILES string of the molecule is Cc1nc(-c2ccc(C(=O)N3C[C@@H](C(F)(F)F)[C@H](C(=O)O)C3)cc2)cs1. The average Bonchev–Trinajstić information content (AvgIpc) is 3.20. The molecular formula is C17H15F3N2O3S. The summed E-state index contributed by atoms with van der Waals surface area (Å²) in [6, 6.07) is 6.38. The van der Waals surface area contributed by atoms with E-state index in [2.05, 4.69) is 4.98 Å². The molecule has 138 valence electrons. The fraction of sp³-hybridized carbons (Fsp3) is 0.353. The van der Waals surface area contributed by atoms with E-state index in [9.17, 15) is 22.8 Å². The first-order valence-corrected chi connectivity index (χ1v) is 8.66. The van der Waals surface area contributed by atoms with Gasteiger partial charge >= 0.3 is 12.1 Å². The number of thiazole rings is 1. The molecule has 9 heteroatoms. The van der Waals surface area contributed by atoms with Gasteiger partial charge in [0.2, 0.25) is 0 Å². The number of nitrogens with zero attached hydrogens (tertiary/aromatic N) is 2. The van der Waals surface area contributed by atoms with Gasteiger partial charge < -0.3 is 10.0 Å². The van der Waals surface area contributed by atoms with E-state index >= 15 is 0 Å². The standard InChI is InChI=1S/C17H15F3N2O3S/c1-9-21-14(8-26-9)10-2-4-11(5-3-10)15(23)22-6-12(16(24)25)13(7-22)17(18,19)20/h2-5,8,12-13H,6-7H2,1H3,(H,24,25)/t12-,13-/m1/s1. The minimum absolute atomic E-state index is 0.215. The number of carboxylic acids is 1. The van der Waals surface area contributed by atoms with Gasteiger partial charge in [0.05, 0.1) is 22.5 Å². The van der Waals surface area contributed by atoms with Gasteiger partial charge in [-0.2, -0.15) is 13.2 Å². The molecule has 1 amide bonds. The van der Waals surface area contributed by atoms with Crippen molar-refractivity contribution in [2.24, 2.45) is 11.8 Å². The Labute approximate surface area is 151 Å². The Hall–Kier alpha value is -2.42. The number of carboxylic acid groups (broad SMARTS) is 1. The first-order chi connectivity index (χ1) is 12.2. The predicted molar refractivity (Wildman–Crippen MR) is 88.9 cm³/mol. The summed E-state index contributed by atoms with van der Waals surface area (Å²) >= 11 is 1.49. The molecule has 2 aromatic rings. The third-order valence-corrected chi connectivity index (χ3v) is 5.16. The van der Waals surface area contributed by atoms with Crippen molar-refractivity contribution in [3.05, 3.63) is 40.2 Å². The number of halogens is 3. The Balaban J connectivity index is 1.78. The summed E-state index contributed by atoms with van der Waals surface area (Å²) in [4.78, 5) is 28.9. The Morgan fingerprint density at radius 1 is 1.23 bits per heavy atom. The van der Waals surface area contributed by atoms with E-state index in [0.29, 0.717) is 0 Å². The zero-order valence-corrected chi connectivity index (χ0v) is 14.5. The summed E-state index contributed by atoms with van der Waals surface area (Å²) in [6.45, 7) is 0.771. The Morgan fingerprint density at radius 2 is 1.88 bits per heavy atom. The van der Waals surface area contributed by atoms with E-state index in [4.69, 9.17) is 5.11 Å². The number of aromatic nitrogens is 1. The molecule has 1 aromatic heterocycles. The number of aliphatic carboxylic acids is 1. The minimum Gasteiger partial charge on any atom is -0.481 e. The van der Waals surface area contributed by atoms with Gasteiger partial charge in [-0.25, -0.2) is 4.98 Å². The van der Waals surface area contributed by atoms with Crippen molar-refractivity contribution < 1.29 is 27.9 Å². The highest BCUT2D eigenvalue weighted by Gasteiger charge is 2.53. The maximum absolute atomic E-state index is 13.0. The van der Waals surface area contributed by atoms with Crippen LogP contribution in [0, 0.1) is 18.8 Å². The second kappa shape index (κ2) is 6.71. The van der Waals surface area contributed by atoms with Gasteiger partial charge in [-0.3, -0.25) is 9.59 Å². The first-order valence-electron chi connectivity index (χ1n) is 7.78. The summed E-state index contributed by atoms with van der Waals surface area (Å²) in [7, 11) is 0. The first kappa shape index (κ1) is 18.4. The van der Waals surface area contributed by atoms with Crippen molar-refractivity contribution in [1.29, 1.82) is 0 Å². The van der Waals surface area contributed by atoms with E-state index < -0.39 is 43.0 Å². The quantitative estimate of drug-likeness (QED) is 0.880. The van der Waals surface area contributed by atoms with Crippen LogP contribution < -0.4 is 0 Å². The van der Waals surface area contributed by atoms with Crippen LogP contribution in [0.3, 0.4) is 0 Å². The lowest BCUT2D eigenvalue weighted by Crippen LogP contribution is -2.34. The molecule has 1 fully saturated rings. The summed E-state index contributed by atoms with van der Waals surface area (Å²) in [5, 5.41) is 11.8. The molecule has 1 aromatic carbocycles. The highest BCUT2D eigenvalue weighted by molar-refractivity contribution is 7.09. The largest absolute Gasteiger partial charge is 0.481 e. The van der Waals surface area contributed by atoms with Gasteiger partial charge in [0.25, 0.3) is 5.91 Å². The van der Waals surface area contributed by atoms with E-state index in [-0.39, 0.29) is 5.56 Å². The molecule has 0 aliphatic carbocycles. The molecule has 26 heavy (non-hydrogen) atoms. The lowest BCUT2D eigenvalue weighted by atomic mass is 9.96. The average molecular weight is 384 g/mol. The van der Waals surface area contributed by atoms with Gasteiger partial charge in [0, 0.05) is 29.6 Å². The molecule has 0 bridgehead atoms. The Kier molecular flexibility index (Phi) is 4.74. The zero-order valence-electron chi connectivity index (χ0n) is 13.7. The van der Waals surface area contributed by atoms with Crippen LogP contribution >= 0.6 is 11.3 Å². The van der Waals surface area contributed by atoms with Crippen molar-refractivity contribution >= 4 is 23.2 Å². The normalized spacial score (nSPS) is 20.4. The number of carbonyl (C=O) groups is 2. The third kappa shape index (κ3) is 3.57. The second-order valence-electron chi connectivity index (χ2n) is 6.13. The lowest BCUT2D eigenvalue weighted by Gasteiger charge is -2.18. The molecule has 0 unspecified atom stereocenters. The molecule has 2 atom stereocenters. The lowest BCUT2D eigenvalue weighted by molar-refractivity contribution is -0.187. The van der Waals surface area contributed by atoms with Crippen molar-refractivity contribution in [2.45, 2.75) is 13.1 Å². The smallest absolute Gasteiger partial charge is 0.394 e. The third-order valence-electron chi connectivity index (χ3n) is 4.39. The number of hydrogen-bond donors (Lipinski definition) is 1. The highest BCUT2D eigenvalue weighted by Crippen LogP contribution is 2.38. The van der Waals surface area contributed by atoms with Crippen molar-refractivity contribution in [2.75, 3.05) is 13.1 Å². The van der Waals surface area contributed by atoms with Crippen molar-refractivity contribution in [1.82, 2.24) is 9.88 Å². The maximum Gasteiger partial charge on any atom is 0.394 e. The molecule has 1 aliphatic rings. The topological polar surface area (TPSA) is 70.5 Å². The summed E-state index contributed by atoms with van der Waals surface area (Å²) in [5.41, 5.74) is 1.77. The van der Waals surface area contributed by atoms with Crippen LogP contribution in [0.25, 0.3) is 11.3 Å². The van der Waals surface area contributed by atoms with Crippen LogP contribution in [0.4, 0.5) is 13.2 Å². The molecule has 1 aliphatic heterocycles. The monoisotopic (exact) mass is 384 g/mol. The Bertz CT molecular complexity index is 833. The Morgan fingerprint density at radius 3 is 2.35 bits per heavy atom. The molecule has 2 heterocycles. The number of hydrogen-bond acceptors (Lipinski definition) is 4. The molecule has 1 N–H and O–H groups in total. The molecule has 0 radical (unpaired) electrons. The number of rotatable bonds is 3. The highest BCUT2D eigenvalue weighted by atomic mass is 32.1. The number of aryl methyl sites for hydroxylation is 1. The van der Waals surface area contributed by atoms with Crippen LogP contribution in [0.2, 0.25) is 0 Å². The van der Waals surface area contributed by atoms with E-state index in [1.165, 1.54) is 23.5 Å². The van der Waals surface area contributed by atoms with Crippen molar-refractivity contribution in [3.63, 3.8) is 0 Å². The van der Waals surface area contributed by atoms with Crippen LogP contribution in [-0.4, -0.2) is 46.1 Å². The van der Waals surface area contributed by atoms with Gasteiger partial charge in [0.1, 0.15) is 0 Å². The van der Waals surface area contributed by atoms with Gasteiger partial charge in [-0.15, -0.1) is 11.3 Å². The molecule has 0 saturated carbocycles. The van der Waals surface area contributed by atoms with Crippen LogP contribution in [0.5, 0.6) is 0 Å². The van der Waals surface area contributed by atoms with Crippen LogP contribution in [0.15, 0.2) is 29.6 Å². The second-order valence-corrected chi connectivity index (χ2v) is 7.19. The van der Waals surface area contributed by atoms with Crippen LogP contribution in [-0.2, 0) is 4.79 Å². The fourth-order valence-electron chi connectivity index (χ4n) is 3.01. The number of carbonyl (C=O) groups excluding carboxylic acids is 1.